The number of nitrogens with two attached hydrogens (primary N) is 2. The highest BCUT2D eigenvalue weighted by Crippen LogP contribution is 2.58. The lowest BCUT2D eigenvalue weighted by atomic mass is 9.77. The molecule has 0 fully saturated rings. The van der Waals surface area contributed by atoms with E-state index >= 15 is 0 Å². The maximum absolute atomic E-state index is 13.9. The molecule has 2 aliphatic rings. The van der Waals surface area contributed by atoms with Crippen LogP contribution in [0.5, 0.6) is 23.0 Å². The smallest absolute Gasteiger partial charge is 0.342 e. The van der Waals surface area contributed by atoms with E-state index in [1.165, 1.54) is 77.7 Å². The summed E-state index contributed by atoms with van der Waals surface area (Å²) in [5, 5.41) is 25.4. The van der Waals surface area contributed by atoms with Crippen LogP contribution in [0.25, 0.3) is 0 Å². The number of hydrogen-bond donors (Lipinski definition) is 5. The Morgan fingerprint density at radius 1 is 0.800 bits per heavy atom. The first kappa shape index (κ1) is 33.0. The van der Waals surface area contributed by atoms with Crippen molar-refractivity contribution in [3.05, 3.63) is 131 Å². The van der Waals surface area contributed by atoms with Crippen LogP contribution in [0, 0.1) is 0 Å². The molecule has 7 rings (SSSR count). The van der Waals surface area contributed by atoms with Crippen LogP contribution in [0.4, 0.5) is 11.4 Å². The maximum atomic E-state index is 13.9. The summed E-state index contributed by atoms with van der Waals surface area (Å²) in [5.41, 5.74) is 7.22. The molecule has 0 saturated heterocycles. The van der Waals surface area contributed by atoms with Crippen molar-refractivity contribution in [3.63, 3.8) is 0 Å². The van der Waals surface area contributed by atoms with Gasteiger partial charge in [0.25, 0.3) is 0 Å². The lowest BCUT2D eigenvalue weighted by molar-refractivity contribution is 0.0224. The van der Waals surface area contributed by atoms with Gasteiger partial charge in [-0.2, -0.15) is 0 Å². The van der Waals surface area contributed by atoms with Crippen molar-refractivity contribution in [1.29, 1.82) is 0 Å². The minimum absolute atomic E-state index is 0.0797. The molecule has 13 nitrogen and oxygen atoms in total. The number of carbonyl (C=O) groups is 1. The van der Waals surface area contributed by atoms with Gasteiger partial charge in [-0.3, -0.25) is 4.90 Å². The van der Waals surface area contributed by atoms with Gasteiger partial charge in [0.15, 0.2) is 10.7 Å². The average molecular weight is 731 g/mol. The van der Waals surface area contributed by atoms with E-state index in [2.05, 4.69) is 4.72 Å². The number of sulfonamides is 2. The van der Waals surface area contributed by atoms with Crippen LogP contribution in [0.15, 0.2) is 113 Å². The number of aromatic hydroxyl groups is 2. The number of benzene rings is 5. The van der Waals surface area contributed by atoms with E-state index in [0.717, 1.165) is 0 Å². The van der Waals surface area contributed by atoms with Gasteiger partial charge < -0.3 is 25.4 Å². The van der Waals surface area contributed by atoms with Gasteiger partial charge in [-0.1, -0.05) is 24.3 Å². The Morgan fingerprint density at radius 2 is 1.38 bits per heavy atom. The first-order valence-electron chi connectivity index (χ1n) is 14.7. The maximum Gasteiger partial charge on any atom is 0.342 e. The molecule has 16 heteroatoms. The molecule has 0 aliphatic carbocycles. The van der Waals surface area contributed by atoms with Crippen LogP contribution in [-0.4, -0.2) is 38.1 Å². The fourth-order valence-corrected chi connectivity index (χ4v) is 7.87. The van der Waals surface area contributed by atoms with Crippen LogP contribution >= 0.6 is 12.2 Å². The van der Waals surface area contributed by atoms with E-state index in [1.807, 2.05) is 0 Å². The number of fused-ring (bicyclic) bond motifs is 6. The van der Waals surface area contributed by atoms with E-state index in [0.29, 0.717) is 27.9 Å². The summed E-state index contributed by atoms with van der Waals surface area (Å²) in [6.45, 7) is -0.120. The third-order valence-corrected chi connectivity index (χ3v) is 10.9. The predicted molar refractivity (Wildman–Crippen MR) is 185 cm³/mol. The van der Waals surface area contributed by atoms with Crippen molar-refractivity contribution in [3.8, 4) is 23.0 Å². The molecule has 0 bridgehead atoms. The van der Waals surface area contributed by atoms with E-state index in [-0.39, 0.29) is 55.7 Å². The van der Waals surface area contributed by atoms with Gasteiger partial charge in [0.1, 0.15) is 23.0 Å². The lowest BCUT2D eigenvalue weighted by Crippen LogP contribution is -2.33. The predicted octanol–water partition coefficient (Wildman–Crippen LogP) is 4.17. The molecule has 50 heavy (non-hydrogen) atoms. The van der Waals surface area contributed by atoms with Gasteiger partial charge in [-0.05, 0) is 84.5 Å². The average Bonchev–Trinajstić information content (AvgIpc) is 3.36. The topological polar surface area (TPSA) is 212 Å². The molecule has 5 aromatic rings. The first-order chi connectivity index (χ1) is 23.7. The fraction of sp³-hybridized carbons (Fsp3) is 0.0588. The number of esters is 1. The number of anilines is 2. The number of rotatable bonds is 7. The van der Waals surface area contributed by atoms with Crippen molar-refractivity contribution in [2.75, 3.05) is 4.90 Å². The van der Waals surface area contributed by atoms with E-state index < -0.39 is 31.6 Å². The Labute approximate surface area is 291 Å². The number of nitrogens with zero attached hydrogens (tertiary/aromatic N) is 1. The summed E-state index contributed by atoms with van der Waals surface area (Å²) in [6.07, 6.45) is 0. The number of thiocarbonyl (C=S) groups is 1. The molecule has 0 atom stereocenters. The second-order valence-electron chi connectivity index (χ2n) is 11.4. The zero-order valence-corrected chi connectivity index (χ0v) is 28.1. The zero-order valence-electron chi connectivity index (χ0n) is 25.6. The molecule has 0 saturated carbocycles. The molecule has 0 amide bonds. The zero-order chi connectivity index (χ0) is 35.6. The van der Waals surface area contributed by atoms with E-state index in [1.54, 1.807) is 30.3 Å². The Morgan fingerprint density at radius 3 is 1.94 bits per heavy atom. The third kappa shape index (κ3) is 5.48. The number of phenols is 2. The highest BCUT2D eigenvalue weighted by atomic mass is 32.2. The number of nitrogens with one attached hydrogen (secondary N) is 1. The van der Waals surface area contributed by atoms with Gasteiger partial charge in [0.05, 0.1) is 21.0 Å². The van der Waals surface area contributed by atoms with Crippen LogP contribution in [0.1, 0.15) is 32.6 Å². The Bertz CT molecular complexity index is 2400. The van der Waals surface area contributed by atoms with E-state index in [4.69, 9.17) is 32.6 Å². The number of carbonyl (C=O) groups excluding carboxylic acids is 1. The monoisotopic (exact) mass is 730 g/mol. The second-order valence-corrected chi connectivity index (χ2v) is 15.2. The Balaban J connectivity index is 1.25. The van der Waals surface area contributed by atoms with Crippen molar-refractivity contribution in [1.82, 2.24) is 4.72 Å². The molecule has 7 N–H and O–H groups in total. The number of primary sulfonamides is 1. The van der Waals surface area contributed by atoms with Crippen molar-refractivity contribution < 1.29 is 41.3 Å². The number of hydrogen-bond acceptors (Lipinski definition) is 10. The molecular formula is C34H26N4O9S3. The van der Waals surface area contributed by atoms with Crippen molar-refractivity contribution in [2.24, 2.45) is 10.9 Å². The SMILES string of the molecule is NC(=S)N(c1ccc(S(=O)(=O)NCc2ccc(S(N)(=O)=O)cc2)cc1)c1cccc2c1C(=O)OC21c2ccc(O)cc2Oc2cc(O)ccc21. The van der Waals surface area contributed by atoms with Crippen LogP contribution in [0.3, 0.4) is 0 Å². The molecular weight excluding hydrogens is 705 g/mol. The van der Waals surface area contributed by atoms with Crippen LogP contribution in [0.2, 0.25) is 0 Å². The highest BCUT2D eigenvalue weighted by molar-refractivity contribution is 7.89. The molecule has 1 spiro atoms. The van der Waals surface area contributed by atoms with Gasteiger partial charge in [0, 0.05) is 41.1 Å². The molecule has 254 valence electrons. The van der Waals surface area contributed by atoms with Gasteiger partial charge in [0.2, 0.25) is 20.0 Å². The third-order valence-electron chi connectivity index (χ3n) is 8.37. The van der Waals surface area contributed by atoms with Crippen molar-refractivity contribution >= 4 is 54.7 Å². The summed E-state index contributed by atoms with van der Waals surface area (Å²) >= 11 is 5.43. The summed E-state index contributed by atoms with van der Waals surface area (Å²) < 4.78 is 64.0. The Hall–Kier alpha value is -5.52. The largest absolute Gasteiger partial charge is 0.508 e. The molecule has 2 heterocycles. The highest BCUT2D eigenvalue weighted by Gasteiger charge is 2.54. The van der Waals surface area contributed by atoms with Gasteiger partial charge >= 0.3 is 5.97 Å². The second kappa shape index (κ2) is 11.8. The normalized spacial score (nSPS) is 14.2. The summed E-state index contributed by atoms with van der Waals surface area (Å²) in [7, 11) is -7.91. The molecule has 0 unspecified atom stereocenters. The van der Waals surface area contributed by atoms with Crippen LogP contribution < -0.4 is 25.2 Å². The number of phenolic OH excluding ortho intramolecular Hbond substituents is 2. The number of ether oxygens (including phenoxy) is 2. The van der Waals surface area contributed by atoms with Gasteiger partial charge in [-0.25, -0.2) is 31.5 Å². The lowest BCUT2D eigenvalue weighted by Gasteiger charge is -2.36. The van der Waals surface area contributed by atoms with Gasteiger partial charge in [-0.15, -0.1) is 0 Å². The van der Waals surface area contributed by atoms with Crippen LogP contribution in [-0.2, 0) is 36.9 Å². The van der Waals surface area contributed by atoms with E-state index in [9.17, 15) is 31.8 Å². The molecule has 2 aliphatic heterocycles. The standard InChI is InChI=1S/C34H26N4O9S3/c35-33(48)38(20-6-12-24(13-7-20)50(44,45)37-18-19-4-10-23(11-5-19)49(36,42)43)28-3-1-2-27-31(28)32(41)47-34(27)25-14-8-21(39)16-29(25)46-30-17-22(40)9-15-26(30)34/h1-17,37,39-40H,18H2,(H2,35,48)(H2,36,42,43). The summed E-state index contributed by atoms with van der Waals surface area (Å²) in [4.78, 5) is 15.2. The molecule has 5 aromatic carbocycles. The summed E-state index contributed by atoms with van der Waals surface area (Å²) in [6, 6.07) is 25.0. The quantitative estimate of drug-likeness (QED) is 0.118. The summed E-state index contributed by atoms with van der Waals surface area (Å²) in [5.74, 6) is -0.449. The fourth-order valence-electron chi connectivity index (χ4n) is 6.13. The first-order valence-corrected chi connectivity index (χ1v) is 18.2. The Kier molecular flexibility index (Phi) is 7.80. The minimum Gasteiger partial charge on any atom is -0.508 e. The minimum atomic E-state index is -4.02. The molecule has 0 radical (unpaired) electrons. The van der Waals surface area contributed by atoms with Crippen molar-refractivity contribution in [2.45, 2.75) is 21.9 Å². The molecule has 0 aromatic heterocycles.